The first-order valence-corrected chi connectivity index (χ1v) is 7.18. The molecule has 3 atom stereocenters. The van der Waals surface area contributed by atoms with Gasteiger partial charge in [-0.25, -0.2) is 0 Å². The Kier molecular flexibility index (Phi) is 3.70. The molecule has 2 heterocycles. The van der Waals surface area contributed by atoms with E-state index < -0.39 is 6.10 Å². The maximum atomic E-state index is 12.5. The van der Waals surface area contributed by atoms with E-state index in [4.69, 9.17) is 4.74 Å². The summed E-state index contributed by atoms with van der Waals surface area (Å²) in [6.45, 7) is 2.08. The second-order valence-electron chi connectivity index (χ2n) is 5.56. The van der Waals surface area contributed by atoms with Gasteiger partial charge in [-0.15, -0.1) is 0 Å². The summed E-state index contributed by atoms with van der Waals surface area (Å²) in [6.07, 6.45) is 3.79. The van der Waals surface area contributed by atoms with Gasteiger partial charge in [0.25, 0.3) is 5.91 Å². The fourth-order valence-electron chi connectivity index (χ4n) is 3.33. The van der Waals surface area contributed by atoms with Crippen LogP contribution in [0, 0.1) is 0 Å². The highest BCUT2D eigenvalue weighted by Gasteiger charge is 2.41. The highest BCUT2D eigenvalue weighted by molar-refractivity contribution is 5.89. The molecule has 1 saturated carbocycles. The smallest absolute Gasteiger partial charge is 0.253 e. The fraction of sp³-hybridized carbons (Fsp3) is 0.846. The van der Waals surface area contributed by atoms with Crippen LogP contribution in [0.5, 0.6) is 0 Å². The Balaban J connectivity index is 1.72. The minimum atomic E-state index is -0.428. The number of amides is 2. The number of nitrogens with zero attached hydrogens (tertiary/aromatic N) is 1. The van der Waals surface area contributed by atoms with Crippen LogP contribution in [0.2, 0.25) is 0 Å². The lowest BCUT2D eigenvalue weighted by Gasteiger charge is -2.45. The van der Waals surface area contributed by atoms with Crippen molar-refractivity contribution in [2.24, 2.45) is 0 Å². The quantitative estimate of drug-likeness (QED) is 0.655. The van der Waals surface area contributed by atoms with Crippen LogP contribution in [-0.4, -0.2) is 61.1 Å². The molecule has 3 rings (SSSR count). The number of hydrogen-bond donors (Lipinski definition) is 2. The molecule has 106 valence electrons. The molecule has 0 spiro atoms. The van der Waals surface area contributed by atoms with Crippen molar-refractivity contribution in [3.63, 3.8) is 0 Å². The summed E-state index contributed by atoms with van der Waals surface area (Å²) < 4.78 is 5.52. The number of piperazine rings is 1. The summed E-state index contributed by atoms with van der Waals surface area (Å²) in [5.41, 5.74) is 0. The van der Waals surface area contributed by atoms with Crippen molar-refractivity contribution in [2.45, 2.75) is 43.9 Å². The molecule has 0 aromatic rings. The fourth-order valence-corrected chi connectivity index (χ4v) is 3.33. The van der Waals surface area contributed by atoms with Crippen molar-refractivity contribution >= 4 is 11.8 Å². The predicted molar refractivity (Wildman–Crippen MR) is 68.5 cm³/mol. The Bertz CT molecular complexity index is 368. The second-order valence-corrected chi connectivity index (χ2v) is 5.56. The molecule has 1 aliphatic carbocycles. The van der Waals surface area contributed by atoms with E-state index in [0.717, 1.165) is 32.2 Å². The second kappa shape index (κ2) is 5.46. The zero-order valence-corrected chi connectivity index (χ0v) is 11.1. The Morgan fingerprint density at radius 2 is 2.16 bits per heavy atom. The molecule has 2 amide bonds. The molecule has 6 nitrogen and oxygen atoms in total. The Morgan fingerprint density at radius 3 is 2.95 bits per heavy atom. The molecule has 0 radical (unpaired) electrons. The topological polar surface area (TPSA) is 70.7 Å². The number of carbonyl (C=O) groups is 2. The van der Waals surface area contributed by atoms with E-state index in [1.807, 2.05) is 0 Å². The molecule has 0 aromatic carbocycles. The highest BCUT2D eigenvalue weighted by Crippen LogP contribution is 2.26. The van der Waals surface area contributed by atoms with Gasteiger partial charge in [-0.1, -0.05) is 12.8 Å². The van der Waals surface area contributed by atoms with Crippen molar-refractivity contribution < 1.29 is 14.3 Å². The average Bonchev–Trinajstić information content (AvgIpc) is 2.46. The van der Waals surface area contributed by atoms with Crippen molar-refractivity contribution in [2.75, 3.05) is 26.2 Å². The van der Waals surface area contributed by atoms with Crippen LogP contribution in [0.25, 0.3) is 0 Å². The molecule has 19 heavy (non-hydrogen) atoms. The first kappa shape index (κ1) is 12.9. The lowest BCUT2D eigenvalue weighted by molar-refractivity contribution is -0.155. The summed E-state index contributed by atoms with van der Waals surface area (Å²) in [5, 5.41) is 6.18. The molecule has 3 fully saturated rings. The van der Waals surface area contributed by atoms with Gasteiger partial charge in [-0.3, -0.25) is 9.59 Å². The van der Waals surface area contributed by atoms with E-state index in [1.54, 1.807) is 4.90 Å². The third kappa shape index (κ3) is 2.60. The Labute approximate surface area is 112 Å². The molecule has 2 N–H and O–H groups in total. The van der Waals surface area contributed by atoms with Gasteiger partial charge in [0.15, 0.2) is 0 Å². The highest BCUT2D eigenvalue weighted by atomic mass is 16.5. The molecular formula is C13H21N3O3. The van der Waals surface area contributed by atoms with E-state index in [-0.39, 0.29) is 30.4 Å². The minimum absolute atomic E-state index is 0.0287. The monoisotopic (exact) mass is 267 g/mol. The van der Waals surface area contributed by atoms with Gasteiger partial charge in [-0.2, -0.15) is 0 Å². The normalized spacial score (nSPS) is 35.5. The molecule has 2 saturated heterocycles. The number of nitrogens with one attached hydrogen (secondary N) is 2. The van der Waals surface area contributed by atoms with E-state index >= 15 is 0 Å². The largest absolute Gasteiger partial charge is 0.366 e. The van der Waals surface area contributed by atoms with Gasteiger partial charge >= 0.3 is 0 Å². The van der Waals surface area contributed by atoms with Gasteiger partial charge in [0, 0.05) is 19.1 Å². The van der Waals surface area contributed by atoms with Crippen LogP contribution in [0.3, 0.4) is 0 Å². The van der Waals surface area contributed by atoms with Crippen molar-refractivity contribution in [1.29, 1.82) is 0 Å². The van der Waals surface area contributed by atoms with Crippen molar-refractivity contribution in [1.82, 2.24) is 15.5 Å². The molecule has 3 aliphatic rings. The molecule has 2 aliphatic heterocycles. The maximum absolute atomic E-state index is 12.5. The molecule has 6 heteroatoms. The molecule has 3 unspecified atom stereocenters. The van der Waals surface area contributed by atoms with Gasteiger partial charge in [-0.05, 0) is 12.8 Å². The van der Waals surface area contributed by atoms with E-state index in [1.165, 1.54) is 0 Å². The lowest BCUT2D eigenvalue weighted by atomic mass is 9.87. The summed E-state index contributed by atoms with van der Waals surface area (Å²) in [7, 11) is 0. The van der Waals surface area contributed by atoms with Crippen molar-refractivity contribution in [3.05, 3.63) is 0 Å². The van der Waals surface area contributed by atoms with Crippen LogP contribution in [-0.2, 0) is 14.3 Å². The summed E-state index contributed by atoms with van der Waals surface area (Å²) >= 11 is 0. The van der Waals surface area contributed by atoms with Crippen LogP contribution in [0.1, 0.15) is 25.7 Å². The zero-order chi connectivity index (χ0) is 13.2. The molecule has 0 aromatic heterocycles. The third-order valence-corrected chi connectivity index (χ3v) is 4.28. The first-order valence-electron chi connectivity index (χ1n) is 7.18. The number of carbonyl (C=O) groups excluding carboxylic acids is 2. The number of ether oxygens (including phenoxy) is 1. The third-order valence-electron chi connectivity index (χ3n) is 4.28. The average molecular weight is 267 g/mol. The first-order chi connectivity index (χ1) is 9.25. The number of hydrogen-bond acceptors (Lipinski definition) is 4. The van der Waals surface area contributed by atoms with Crippen LogP contribution in [0.15, 0.2) is 0 Å². The van der Waals surface area contributed by atoms with Gasteiger partial charge in [0.2, 0.25) is 5.91 Å². The zero-order valence-electron chi connectivity index (χ0n) is 11.1. The number of morpholine rings is 1. The van der Waals surface area contributed by atoms with Gasteiger partial charge < -0.3 is 20.3 Å². The lowest BCUT2D eigenvalue weighted by Crippen LogP contribution is -2.65. The predicted octanol–water partition coefficient (Wildman–Crippen LogP) is -0.756. The Morgan fingerprint density at radius 1 is 1.32 bits per heavy atom. The minimum Gasteiger partial charge on any atom is -0.366 e. The van der Waals surface area contributed by atoms with Crippen molar-refractivity contribution in [3.8, 4) is 0 Å². The van der Waals surface area contributed by atoms with Crippen LogP contribution < -0.4 is 10.6 Å². The number of fused-ring (bicyclic) bond motifs is 1. The van der Waals surface area contributed by atoms with E-state index in [0.29, 0.717) is 13.2 Å². The number of rotatable bonds is 1. The Hall–Kier alpha value is -1.14. The molecular weight excluding hydrogens is 246 g/mol. The van der Waals surface area contributed by atoms with E-state index in [9.17, 15) is 9.59 Å². The van der Waals surface area contributed by atoms with Crippen LogP contribution in [0.4, 0.5) is 0 Å². The summed E-state index contributed by atoms with van der Waals surface area (Å²) in [6, 6.07) is 0.292. The van der Waals surface area contributed by atoms with Gasteiger partial charge in [0.1, 0.15) is 6.10 Å². The standard InChI is InChI=1S/C13H21N3O3/c17-12-8-16(10-4-2-1-3-9(10)15-12)13(18)11-7-14-5-6-19-11/h9-11,14H,1-8H2,(H,15,17). The van der Waals surface area contributed by atoms with Crippen LogP contribution >= 0.6 is 0 Å². The molecule has 0 bridgehead atoms. The SMILES string of the molecule is O=C1CN(C(=O)C2CNCCO2)C2CCCCC2N1. The summed E-state index contributed by atoms with van der Waals surface area (Å²) in [4.78, 5) is 26.0. The van der Waals surface area contributed by atoms with E-state index in [2.05, 4.69) is 10.6 Å². The maximum Gasteiger partial charge on any atom is 0.253 e. The van der Waals surface area contributed by atoms with Gasteiger partial charge in [0.05, 0.1) is 19.2 Å². The summed E-state index contributed by atoms with van der Waals surface area (Å²) in [5.74, 6) is -0.0702.